The summed E-state index contributed by atoms with van der Waals surface area (Å²) < 4.78 is 3.82. The molecule has 4 heterocycles. The molecule has 138 valence electrons. The lowest BCUT2D eigenvalue weighted by atomic mass is 10.2. The SMILES string of the molecule is Cc1cc(C)n(C(CNC(=O)c2c(C)nc3ccccn23)c2cccs2)n1. The van der Waals surface area contributed by atoms with Crippen molar-refractivity contribution in [3.05, 3.63) is 75.6 Å². The molecule has 1 amide bonds. The number of carbonyl (C=O) groups excluding carboxylic acids is 1. The van der Waals surface area contributed by atoms with Crippen LogP contribution in [0.1, 0.15) is 38.5 Å². The Hall–Kier alpha value is -2.93. The number of amides is 1. The summed E-state index contributed by atoms with van der Waals surface area (Å²) in [5.74, 6) is -0.130. The Morgan fingerprint density at radius 2 is 2.07 bits per heavy atom. The van der Waals surface area contributed by atoms with E-state index in [1.807, 2.05) is 65.7 Å². The maximum absolute atomic E-state index is 12.9. The standard InChI is InChI=1S/C20H21N5OS/c1-13-11-14(2)25(23-13)16(17-7-6-10-27-17)12-21-20(26)19-15(3)22-18-8-4-5-9-24(18)19/h4-11,16H,12H2,1-3H3,(H,21,26). The van der Waals surface area contributed by atoms with Gasteiger partial charge in [-0.2, -0.15) is 5.10 Å². The summed E-state index contributed by atoms with van der Waals surface area (Å²) in [7, 11) is 0. The Morgan fingerprint density at radius 1 is 1.22 bits per heavy atom. The molecule has 0 saturated heterocycles. The van der Waals surface area contributed by atoms with Gasteiger partial charge in [0.15, 0.2) is 0 Å². The van der Waals surface area contributed by atoms with Crippen molar-refractivity contribution < 1.29 is 4.79 Å². The highest BCUT2D eigenvalue weighted by Crippen LogP contribution is 2.24. The normalized spacial score (nSPS) is 12.4. The van der Waals surface area contributed by atoms with Crippen molar-refractivity contribution >= 4 is 22.9 Å². The van der Waals surface area contributed by atoms with Gasteiger partial charge in [-0.1, -0.05) is 12.1 Å². The number of nitrogens with zero attached hydrogens (tertiary/aromatic N) is 4. The van der Waals surface area contributed by atoms with Crippen LogP contribution in [0.2, 0.25) is 0 Å². The molecule has 27 heavy (non-hydrogen) atoms. The second-order valence-corrected chi connectivity index (χ2v) is 7.57. The predicted octanol–water partition coefficient (Wildman–Crippen LogP) is 3.54. The maximum atomic E-state index is 12.9. The predicted molar refractivity (Wildman–Crippen MR) is 106 cm³/mol. The largest absolute Gasteiger partial charge is 0.348 e. The number of hydrogen-bond donors (Lipinski definition) is 1. The number of aromatic nitrogens is 4. The molecule has 0 fully saturated rings. The van der Waals surface area contributed by atoms with Gasteiger partial charge in [-0.3, -0.25) is 13.9 Å². The maximum Gasteiger partial charge on any atom is 0.270 e. The van der Waals surface area contributed by atoms with Gasteiger partial charge in [-0.15, -0.1) is 11.3 Å². The minimum atomic E-state index is -0.130. The third kappa shape index (κ3) is 3.26. The minimum Gasteiger partial charge on any atom is -0.348 e. The zero-order chi connectivity index (χ0) is 19.0. The summed E-state index contributed by atoms with van der Waals surface area (Å²) in [6.07, 6.45) is 1.86. The van der Waals surface area contributed by atoms with Gasteiger partial charge in [0.05, 0.1) is 11.4 Å². The molecule has 0 spiro atoms. The lowest BCUT2D eigenvalue weighted by Gasteiger charge is -2.19. The van der Waals surface area contributed by atoms with E-state index in [2.05, 4.69) is 27.5 Å². The molecule has 6 nitrogen and oxygen atoms in total. The van der Waals surface area contributed by atoms with E-state index in [1.165, 1.54) is 0 Å². The van der Waals surface area contributed by atoms with Crippen LogP contribution in [0.25, 0.3) is 5.65 Å². The van der Waals surface area contributed by atoms with E-state index in [-0.39, 0.29) is 11.9 Å². The summed E-state index contributed by atoms with van der Waals surface area (Å²) >= 11 is 1.67. The van der Waals surface area contributed by atoms with Gasteiger partial charge in [0.1, 0.15) is 17.4 Å². The van der Waals surface area contributed by atoms with E-state index in [0.29, 0.717) is 12.2 Å². The van der Waals surface area contributed by atoms with Crippen LogP contribution in [0.15, 0.2) is 48.0 Å². The Kier molecular flexibility index (Phi) is 4.53. The number of rotatable bonds is 5. The molecule has 1 atom stereocenters. The average Bonchev–Trinajstić information content (AvgIpc) is 3.34. The fraction of sp³-hybridized carbons (Fsp3) is 0.250. The van der Waals surface area contributed by atoms with Crippen LogP contribution in [-0.4, -0.2) is 31.6 Å². The first-order valence-electron chi connectivity index (χ1n) is 8.82. The number of hydrogen-bond acceptors (Lipinski definition) is 4. The molecular weight excluding hydrogens is 358 g/mol. The molecule has 0 aliphatic rings. The van der Waals surface area contributed by atoms with Crippen molar-refractivity contribution in [1.82, 2.24) is 24.5 Å². The molecule has 7 heteroatoms. The number of fused-ring (bicyclic) bond motifs is 1. The van der Waals surface area contributed by atoms with Gasteiger partial charge in [0.2, 0.25) is 0 Å². The smallest absolute Gasteiger partial charge is 0.270 e. The van der Waals surface area contributed by atoms with Crippen LogP contribution >= 0.6 is 11.3 Å². The molecule has 0 saturated carbocycles. The summed E-state index contributed by atoms with van der Waals surface area (Å²) in [6, 6.07) is 11.8. The molecule has 0 aliphatic heterocycles. The molecular formula is C20H21N5OS. The fourth-order valence-corrected chi connectivity index (χ4v) is 4.22. The zero-order valence-corrected chi connectivity index (χ0v) is 16.3. The first-order chi connectivity index (χ1) is 13.0. The molecule has 4 aromatic heterocycles. The quantitative estimate of drug-likeness (QED) is 0.577. The number of nitrogens with one attached hydrogen (secondary N) is 1. The Balaban J connectivity index is 1.62. The van der Waals surface area contributed by atoms with Gasteiger partial charge in [-0.25, -0.2) is 4.98 Å². The van der Waals surface area contributed by atoms with Crippen LogP contribution in [0.4, 0.5) is 0 Å². The van der Waals surface area contributed by atoms with E-state index in [0.717, 1.165) is 27.6 Å². The van der Waals surface area contributed by atoms with Gasteiger partial charge in [0, 0.05) is 23.3 Å². The lowest BCUT2D eigenvalue weighted by Crippen LogP contribution is -2.32. The van der Waals surface area contributed by atoms with Crippen LogP contribution < -0.4 is 5.32 Å². The van der Waals surface area contributed by atoms with Crippen molar-refractivity contribution in [1.29, 1.82) is 0 Å². The second-order valence-electron chi connectivity index (χ2n) is 6.59. The number of thiophene rings is 1. The van der Waals surface area contributed by atoms with E-state index in [9.17, 15) is 4.79 Å². The number of pyridine rings is 1. The zero-order valence-electron chi connectivity index (χ0n) is 15.5. The van der Waals surface area contributed by atoms with Gasteiger partial charge in [-0.05, 0) is 50.4 Å². The van der Waals surface area contributed by atoms with Crippen LogP contribution in [0.3, 0.4) is 0 Å². The van der Waals surface area contributed by atoms with E-state index < -0.39 is 0 Å². The van der Waals surface area contributed by atoms with Crippen molar-refractivity contribution in [3.63, 3.8) is 0 Å². The molecule has 0 radical (unpaired) electrons. The third-order valence-corrected chi connectivity index (χ3v) is 5.56. The van der Waals surface area contributed by atoms with Crippen molar-refractivity contribution in [2.24, 2.45) is 0 Å². The molecule has 1 unspecified atom stereocenters. The summed E-state index contributed by atoms with van der Waals surface area (Å²) in [5.41, 5.74) is 4.11. The lowest BCUT2D eigenvalue weighted by molar-refractivity contribution is 0.0942. The molecule has 0 aromatic carbocycles. The molecule has 4 aromatic rings. The molecule has 0 aliphatic carbocycles. The van der Waals surface area contributed by atoms with Crippen LogP contribution in [0.5, 0.6) is 0 Å². The first-order valence-corrected chi connectivity index (χ1v) is 9.70. The van der Waals surface area contributed by atoms with E-state index >= 15 is 0 Å². The minimum absolute atomic E-state index is 0.0397. The summed E-state index contributed by atoms with van der Waals surface area (Å²) in [5, 5.41) is 9.76. The Morgan fingerprint density at radius 3 is 2.78 bits per heavy atom. The van der Waals surface area contributed by atoms with Crippen molar-refractivity contribution in [2.45, 2.75) is 26.8 Å². The van der Waals surface area contributed by atoms with Crippen LogP contribution in [-0.2, 0) is 0 Å². The second kappa shape index (κ2) is 7.00. The van der Waals surface area contributed by atoms with Crippen molar-refractivity contribution in [2.75, 3.05) is 6.54 Å². The number of aryl methyl sites for hydroxylation is 3. The summed E-state index contributed by atoms with van der Waals surface area (Å²) in [6.45, 7) is 6.34. The third-order valence-electron chi connectivity index (χ3n) is 4.59. The van der Waals surface area contributed by atoms with Crippen LogP contribution in [0, 0.1) is 20.8 Å². The highest BCUT2D eigenvalue weighted by molar-refractivity contribution is 7.10. The Labute approximate surface area is 161 Å². The Bertz CT molecular complexity index is 1090. The average molecular weight is 379 g/mol. The number of imidazole rings is 1. The first kappa shape index (κ1) is 17.5. The van der Waals surface area contributed by atoms with E-state index in [1.54, 1.807) is 11.3 Å². The highest BCUT2D eigenvalue weighted by atomic mass is 32.1. The van der Waals surface area contributed by atoms with Gasteiger partial charge < -0.3 is 5.32 Å². The molecule has 0 bridgehead atoms. The van der Waals surface area contributed by atoms with Gasteiger partial charge in [0.25, 0.3) is 5.91 Å². The fourth-order valence-electron chi connectivity index (χ4n) is 3.41. The van der Waals surface area contributed by atoms with Gasteiger partial charge >= 0.3 is 0 Å². The molecule has 4 rings (SSSR count). The summed E-state index contributed by atoms with van der Waals surface area (Å²) in [4.78, 5) is 18.6. The number of carbonyl (C=O) groups is 1. The van der Waals surface area contributed by atoms with E-state index in [4.69, 9.17) is 0 Å². The van der Waals surface area contributed by atoms with Crippen molar-refractivity contribution in [3.8, 4) is 0 Å². The highest BCUT2D eigenvalue weighted by Gasteiger charge is 2.21. The topological polar surface area (TPSA) is 64.2 Å². The monoisotopic (exact) mass is 379 g/mol. The molecule has 1 N–H and O–H groups in total.